The monoisotopic (exact) mass is 531 g/mol. The highest BCUT2D eigenvalue weighted by Crippen LogP contribution is 2.35. The van der Waals surface area contributed by atoms with Crippen molar-refractivity contribution in [1.29, 1.82) is 0 Å². The van der Waals surface area contributed by atoms with E-state index in [-0.39, 0.29) is 0 Å². The Hall–Kier alpha value is -4.01. The molecule has 5 rings (SSSR count). The van der Waals surface area contributed by atoms with Gasteiger partial charge in [0.2, 0.25) is 11.8 Å². The Morgan fingerprint density at radius 1 is 0.974 bits per heavy atom. The predicted molar refractivity (Wildman–Crippen MR) is 151 cm³/mol. The first-order valence-electron chi connectivity index (χ1n) is 12.4. The first-order chi connectivity index (χ1) is 18.6. The standard InChI is InChI=1S/C29H30ClN5O3/c1-20-3-12-26(27(17-20)36-2)38-28-25(31-18-21-4-6-22(30)7-5-21)19-32-29(34-28)33-23-8-10-24(11-9-23)35-13-15-37-16-14-35/h3-12,17,19,31H,13-16,18H2,1-2H3,(H,32,33,34). The van der Waals surface area contributed by atoms with Gasteiger partial charge in [0.25, 0.3) is 0 Å². The fraction of sp³-hybridized carbons (Fsp3) is 0.241. The zero-order valence-corrected chi connectivity index (χ0v) is 22.2. The van der Waals surface area contributed by atoms with Crippen molar-refractivity contribution < 1.29 is 14.2 Å². The fourth-order valence-corrected chi connectivity index (χ4v) is 4.22. The van der Waals surface area contributed by atoms with Crippen LogP contribution < -0.4 is 25.0 Å². The number of aryl methyl sites for hydroxylation is 1. The number of morpholine rings is 1. The Kier molecular flexibility index (Phi) is 8.11. The summed E-state index contributed by atoms with van der Waals surface area (Å²) in [6.45, 7) is 5.84. The van der Waals surface area contributed by atoms with E-state index in [1.807, 2.05) is 61.5 Å². The topological polar surface area (TPSA) is 80.8 Å². The minimum atomic E-state index is 0.378. The minimum absolute atomic E-state index is 0.378. The van der Waals surface area contributed by atoms with E-state index in [9.17, 15) is 0 Å². The first kappa shape index (κ1) is 25.6. The highest BCUT2D eigenvalue weighted by Gasteiger charge is 2.15. The van der Waals surface area contributed by atoms with Crippen LogP contribution in [0.1, 0.15) is 11.1 Å². The van der Waals surface area contributed by atoms with E-state index < -0.39 is 0 Å². The van der Waals surface area contributed by atoms with Crippen LogP contribution in [0.2, 0.25) is 5.02 Å². The molecule has 2 heterocycles. The molecule has 1 fully saturated rings. The van der Waals surface area contributed by atoms with Gasteiger partial charge in [-0.15, -0.1) is 0 Å². The molecule has 1 aliphatic rings. The number of rotatable bonds is 9. The van der Waals surface area contributed by atoms with Gasteiger partial charge in [-0.25, -0.2) is 4.98 Å². The van der Waals surface area contributed by atoms with Crippen LogP contribution in [0.3, 0.4) is 0 Å². The average Bonchev–Trinajstić information content (AvgIpc) is 2.95. The van der Waals surface area contributed by atoms with Gasteiger partial charge < -0.3 is 29.7 Å². The number of halogens is 1. The molecule has 38 heavy (non-hydrogen) atoms. The predicted octanol–water partition coefficient (Wildman–Crippen LogP) is 6.43. The van der Waals surface area contributed by atoms with Gasteiger partial charge in [-0.1, -0.05) is 29.8 Å². The molecule has 9 heteroatoms. The lowest BCUT2D eigenvalue weighted by atomic mass is 10.2. The number of nitrogens with one attached hydrogen (secondary N) is 2. The van der Waals surface area contributed by atoms with Crippen LogP contribution in [0, 0.1) is 6.92 Å². The maximum absolute atomic E-state index is 6.25. The molecule has 1 aliphatic heterocycles. The normalized spacial score (nSPS) is 13.2. The Balaban J connectivity index is 1.37. The second-order valence-electron chi connectivity index (χ2n) is 8.92. The van der Waals surface area contributed by atoms with Crippen molar-refractivity contribution in [1.82, 2.24) is 9.97 Å². The number of hydrogen-bond donors (Lipinski definition) is 2. The Morgan fingerprint density at radius 2 is 1.74 bits per heavy atom. The van der Waals surface area contributed by atoms with Gasteiger partial charge >= 0.3 is 0 Å². The largest absolute Gasteiger partial charge is 0.493 e. The smallest absolute Gasteiger partial charge is 0.247 e. The summed E-state index contributed by atoms with van der Waals surface area (Å²) in [6, 6.07) is 21.6. The molecule has 0 spiro atoms. The molecule has 4 aromatic rings. The van der Waals surface area contributed by atoms with E-state index in [1.165, 1.54) is 0 Å². The molecule has 1 saturated heterocycles. The van der Waals surface area contributed by atoms with Crippen molar-refractivity contribution in [3.8, 4) is 17.4 Å². The van der Waals surface area contributed by atoms with E-state index in [0.717, 1.165) is 48.8 Å². The van der Waals surface area contributed by atoms with Crippen molar-refractivity contribution in [3.63, 3.8) is 0 Å². The lowest BCUT2D eigenvalue weighted by Gasteiger charge is -2.28. The molecule has 0 aliphatic carbocycles. The lowest BCUT2D eigenvalue weighted by molar-refractivity contribution is 0.122. The van der Waals surface area contributed by atoms with Crippen molar-refractivity contribution in [2.45, 2.75) is 13.5 Å². The summed E-state index contributed by atoms with van der Waals surface area (Å²) in [5, 5.41) is 7.36. The zero-order valence-electron chi connectivity index (χ0n) is 21.4. The number of nitrogens with zero attached hydrogens (tertiary/aromatic N) is 3. The first-order valence-corrected chi connectivity index (χ1v) is 12.8. The Bertz CT molecular complexity index is 1360. The second-order valence-corrected chi connectivity index (χ2v) is 9.36. The molecule has 0 amide bonds. The number of methoxy groups -OCH3 is 1. The molecule has 0 unspecified atom stereocenters. The highest BCUT2D eigenvalue weighted by molar-refractivity contribution is 6.30. The van der Waals surface area contributed by atoms with Crippen molar-refractivity contribution in [2.75, 3.05) is 48.9 Å². The van der Waals surface area contributed by atoms with Crippen LogP contribution in [0.4, 0.5) is 23.0 Å². The number of aromatic nitrogens is 2. The molecule has 1 aromatic heterocycles. The van der Waals surface area contributed by atoms with Crippen LogP contribution in [0.25, 0.3) is 0 Å². The van der Waals surface area contributed by atoms with Gasteiger partial charge in [0.15, 0.2) is 11.5 Å². The molecule has 8 nitrogen and oxygen atoms in total. The summed E-state index contributed by atoms with van der Waals surface area (Å²) in [5.74, 6) is 1.98. The highest BCUT2D eigenvalue weighted by atomic mass is 35.5. The van der Waals surface area contributed by atoms with Crippen molar-refractivity contribution >= 4 is 34.6 Å². The van der Waals surface area contributed by atoms with Gasteiger partial charge in [-0.2, -0.15) is 4.98 Å². The SMILES string of the molecule is COc1cc(C)ccc1Oc1nc(Nc2ccc(N3CCOCC3)cc2)ncc1NCc1ccc(Cl)cc1. The van der Waals surface area contributed by atoms with Gasteiger partial charge in [0.05, 0.1) is 26.5 Å². The quantitative estimate of drug-likeness (QED) is 0.256. The summed E-state index contributed by atoms with van der Waals surface area (Å²) in [4.78, 5) is 11.5. The number of benzene rings is 3. The third-order valence-electron chi connectivity index (χ3n) is 6.18. The van der Waals surface area contributed by atoms with Crippen molar-refractivity contribution in [3.05, 3.63) is 89.1 Å². The third kappa shape index (κ3) is 6.45. The van der Waals surface area contributed by atoms with Crippen LogP contribution in [0.5, 0.6) is 17.4 Å². The van der Waals surface area contributed by atoms with Crippen LogP contribution in [-0.4, -0.2) is 43.4 Å². The van der Waals surface area contributed by atoms with Crippen LogP contribution >= 0.6 is 11.6 Å². The summed E-state index contributed by atoms with van der Waals surface area (Å²) in [5.41, 5.74) is 4.83. The Morgan fingerprint density at radius 3 is 2.47 bits per heavy atom. The van der Waals surface area contributed by atoms with E-state index in [2.05, 4.69) is 37.6 Å². The molecule has 2 N–H and O–H groups in total. The summed E-state index contributed by atoms with van der Waals surface area (Å²) in [7, 11) is 1.62. The van der Waals surface area contributed by atoms with E-state index in [1.54, 1.807) is 13.3 Å². The van der Waals surface area contributed by atoms with Crippen LogP contribution in [-0.2, 0) is 11.3 Å². The van der Waals surface area contributed by atoms with Gasteiger partial charge in [-0.05, 0) is 66.6 Å². The molecule has 0 bridgehead atoms. The van der Waals surface area contributed by atoms with E-state index in [0.29, 0.717) is 40.6 Å². The van der Waals surface area contributed by atoms with Gasteiger partial charge in [0.1, 0.15) is 5.69 Å². The minimum Gasteiger partial charge on any atom is -0.493 e. The molecule has 196 valence electrons. The lowest BCUT2D eigenvalue weighted by Crippen LogP contribution is -2.36. The number of anilines is 4. The maximum atomic E-state index is 6.25. The average molecular weight is 532 g/mol. The molecule has 0 radical (unpaired) electrons. The molecule has 3 aromatic carbocycles. The molecule has 0 saturated carbocycles. The Labute approximate surface area is 227 Å². The third-order valence-corrected chi connectivity index (χ3v) is 6.43. The zero-order chi connectivity index (χ0) is 26.3. The summed E-state index contributed by atoms with van der Waals surface area (Å²) < 4.78 is 17.2. The van der Waals surface area contributed by atoms with Crippen molar-refractivity contribution in [2.24, 2.45) is 0 Å². The molecule has 0 atom stereocenters. The summed E-state index contributed by atoms with van der Waals surface area (Å²) >= 11 is 6.03. The molecular formula is C29H30ClN5O3. The fourth-order valence-electron chi connectivity index (χ4n) is 4.09. The van der Waals surface area contributed by atoms with Crippen LogP contribution in [0.15, 0.2) is 72.9 Å². The second kappa shape index (κ2) is 12.0. The summed E-state index contributed by atoms with van der Waals surface area (Å²) in [6.07, 6.45) is 1.71. The van der Waals surface area contributed by atoms with E-state index >= 15 is 0 Å². The van der Waals surface area contributed by atoms with E-state index in [4.69, 9.17) is 25.8 Å². The maximum Gasteiger partial charge on any atom is 0.247 e. The van der Waals surface area contributed by atoms with Gasteiger partial charge in [0, 0.05) is 36.0 Å². The number of hydrogen-bond acceptors (Lipinski definition) is 8. The van der Waals surface area contributed by atoms with Gasteiger partial charge in [-0.3, -0.25) is 0 Å². The number of ether oxygens (including phenoxy) is 3. The molecular weight excluding hydrogens is 502 g/mol.